The minimum atomic E-state index is -1.13. The fraction of sp³-hybridized carbons (Fsp3) is 0.333. The molecule has 0 aromatic carbocycles. The van der Waals surface area contributed by atoms with Crippen LogP contribution < -0.4 is 0 Å². The summed E-state index contributed by atoms with van der Waals surface area (Å²) in [7, 11) is 0. The maximum absolute atomic E-state index is 12.0. The summed E-state index contributed by atoms with van der Waals surface area (Å²) in [6.45, 7) is 0.804. The van der Waals surface area contributed by atoms with E-state index in [1.807, 2.05) is 23.1 Å². The quantitative estimate of drug-likeness (QED) is 0.658. The van der Waals surface area contributed by atoms with Crippen molar-refractivity contribution in [2.24, 2.45) is 5.92 Å². The first-order valence-corrected chi connectivity index (χ1v) is 5.31. The van der Waals surface area contributed by atoms with Gasteiger partial charge in [0.1, 0.15) is 5.57 Å². The molecule has 4 nitrogen and oxygen atoms in total. The van der Waals surface area contributed by atoms with Crippen LogP contribution in [0.15, 0.2) is 35.6 Å². The van der Waals surface area contributed by atoms with E-state index in [-0.39, 0.29) is 23.3 Å². The lowest BCUT2D eigenvalue weighted by atomic mass is 9.82. The highest BCUT2D eigenvalue weighted by Gasteiger charge is 2.43. The Hall–Kier alpha value is -1.84. The number of allylic oxidation sites excluding steroid dienone is 2. The maximum atomic E-state index is 12.0. The summed E-state index contributed by atoms with van der Waals surface area (Å²) in [6, 6.07) is 0.0700. The van der Waals surface area contributed by atoms with Crippen LogP contribution in [0.1, 0.15) is 6.42 Å². The summed E-state index contributed by atoms with van der Waals surface area (Å²) in [4.78, 5) is 24.9. The fourth-order valence-electron chi connectivity index (χ4n) is 2.73. The van der Waals surface area contributed by atoms with Gasteiger partial charge >= 0.3 is 5.97 Å². The molecule has 0 unspecified atom stereocenters. The number of carbonyl (C=O) groups is 2. The van der Waals surface area contributed by atoms with Gasteiger partial charge in [0.2, 0.25) is 0 Å². The van der Waals surface area contributed by atoms with Gasteiger partial charge in [-0.25, -0.2) is 4.79 Å². The molecular formula is C12H11NO3. The van der Waals surface area contributed by atoms with Crippen LogP contribution in [0.3, 0.4) is 0 Å². The molecule has 0 radical (unpaired) electrons. The zero-order valence-corrected chi connectivity index (χ0v) is 8.59. The average Bonchev–Trinajstić information content (AvgIpc) is 2.67. The second-order valence-corrected chi connectivity index (χ2v) is 4.30. The summed E-state index contributed by atoms with van der Waals surface area (Å²) in [5.74, 6) is -1.70. The van der Waals surface area contributed by atoms with Crippen molar-refractivity contribution in [2.45, 2.75) is 12.5 Å². The Morgan fingerprint density at radius 2 is 2.31 bits per heavy atom. The first kappa shape index (κ1) is 9.39. The summed E-state index contributed by atoms with van der Waals surface area (Å²) in [5.41, 5.74) is 1.15. The van der Waals surface area contributed by atoms with Crippen LogP contribution in [0.4, 0.5) is 0 Å². The van der Waals surface area contributed by atoms with E-state index in [2.05, 4.69) is 0 Å². The van der Waals surface area contributed by atoms with Crippen molar-refractivity contribution < 1.29 is 14.7 Å². The molecule has 2 heterocycles. The molecule has 0 aromatic heterocycles. The van der Waals surface area contributed by atoms with Gasteiger partial charge < -0.3 is 10.0 Å². The standard InChI is InChI=1S/C12H11NO3/c14-11-8-3-1-2-7-4-5-13(10(7)8)6-9(11)12(15)16/h1-3,6,8,10H,4-5H2,(H,15,16)/t8-,10-/m0/s1. The minimum Gasteiger partial charge on any atom is -0.478 e. The molecule has 0 spiro atoms. The van der Waals surface area contributed by atoms with Gasteiger partial charge in [0.05, 0.1) is 12.0 Å². The highest BCUT2D eigenvalue weighted by Crippen LogP contribution is 2.37. The van der Waals surface area contributed by atoms with Gasteiger partial charge in [-0.2, -0.15) is 0 Å². The lowest BCUT2D eigenvalue weighted by Gasteiger charge is -2.34. The van der Waals surface area contributed by atoms with Gasteiger partial charge in [-0.15, -0.1) is 0 Å². The molecule has 3 rings (SSSR count). The SMILES string of the molecule is O=C(O)C1=CN2CCC3=CC=C[C@H](C1=O)[C@H]32. The molecule has 1 aliphatic carbocycles. The van der Waals surface area contributed by atoms with E-state index in [9.17, 15) is 9.59 Å². The monoisotopic (exact) mass is 217 g/mol. The average molecular weight is 217 g/mol. The summed E-state index contributed by atoms with van der Waals surface area (Å²) in [6.07, 6.45) is 8.13. The highest BCUT2D eigenvalue weighted by atomic mass is 16.4. The third kappa shape index (κ3) is 1.10. The first-order chi connectivity index (χ1) is 7.68. The third-order valence-corrected chi connectivity index (χ3v) is 3.46. The molecule has 82 valence electrons. The molecule has 4 heteroatoms. The molecule has 1 N–H and O–H groups in total. The van der Waals surface area contributed by atoms with Crippen molar-refractivity contribution >= 4 is 11.8 Å². The van der Waals surface area contributed by atoms with Gasteiger partial charge in [0.15, 0.2) is 5.78 Å². The number of carboxylic acid groups (broad SMARTS) is 1. The molecule has 2 atom stereocenters. The van der Waals surface area contributed by atoms with Crippen molar-refractivity contribution in [2.75, 3.05) is 6.54 Å². The number of hydrogen-bond acceptors (Lipinski definition) is 3. The first-order valence-electron chi connectivity index (χ1n) is 5.31. The number of nitrogens with zero attached hydrogens (tertiary/aromatic N) is 1. The van der Waals surface area contributed by atoms with E-state index < -0.39 is 5.97 Å². The highest BCUT2D eigenvalue weighted by molar-refractivity contribution is 6.18. The summed E-state index contributed by atoms with van der Waals surface area (Å²) in [5, 5.41) is 8.97. The predicted octanol–water partition coefficient (Wildman–Crippen LogP) is 0.724. The number of rotatable bonds is 1. The van der Waals surface area contributed by atoms with E-state index in [4.69, 9.17) is 5.11 Å². The number of ketones is 1. The Morgan fingerprint density at radius 3 is 3.06 bits per heavy atom. The number of hydrogen-bond donors (Lipinski definition) is 1. The van der Waals surface area contributed by atoms with Crippen LogP contribution in [-0.4, -0.2) is 34.3 Å². The molecule has 1 fully saturated rings. The predicted molar refractivity (Wildman–Crippen MR) is 56.5 cm³/mol. The zero-order chi connectivity index (χ0) is 11.3. The second kappa shape index (κ2) is 3.07. The van der Waals surface area contributed by atoms with Crippen LogP contribution in [-0.2, 0) is 9.59 Å². The number of aliphatic carboxylic acids is 1. The van der Waals surface area contributed by atoms with Gasteiger partial charge in [-0.05, 0) is 12.0 Å². The molecule has 3 aliphatic rings. The van der Waals surface area contributed by atoms with Crippen molar-refractivity contribution in [3.63, 3.8) is 0 Å². The molecule has 2 aliphatic heterocycles. The Bertz CT molecular complexity index is 473. The molecule has 0 bridgehead atoms. The molecule has 0 amide bonds. The van der Waals surface area contributed by atoms with Crippen molar-refractivity contribution in [3.05, 3.63) is 35.6 Å². The Kier molecular flexibility index (Phi) is 1.80. The van der Waals surface area contributed by atoms with Gasteiger partial charge in [-0.1, -0.05) is 18.2 Å². The topological polar surface area (TPSA) is 57.6 Å². The number of Topliss-reactive ketones (excluding diaryl/α,β-unsaturated/α-hetero) is 1. The zero-order valence-electron chi connectivity index (χ0n) is 8.59. The van der Waals surface area contributed by atoms with Gasteiger partial charge in [0.25, 0.3) is 0 Å². The van der Waals surface area contributed by atoms with E-state index in [0.29, 0.717) is 0 Å². The largest absolute Gasteiger partial charge is 0.478 e. The molecule has 1 saturated heterocycles. The van der Waals surface area contributed by atoms with Crippen molar-refractivity contribution in [1.29, 1.82) is 0 Å². The van der Waals surface area contributed by atoms with E-state index in [1.54, 1.807) is 0 Å². The van der Waals surface area contributed by atoms with Gasteiger partial charge in [-0.3, -0.25) is 4.79 Å². The molecular weight excluding hydrogens is 206 g/mol. The lowest BCUT2D eigenvalue weighted by Crippen LogP contribution is -2.43. The second-order valence-electron chi connectivity index (χ2n) is 4.30. The van der Waals surface area contributed by atoms with E-state index in [0.717, 1.165) is 13.0 Å². The van der Waals surface area contributed by atoms with Crippen LogP contribution in [0.2, 0.25) is 0 Å². The normalized spacial score (nSPS) is 31.0. The molecule has 0 aromatic rings. The number of carboxylic acids is 1. The van der Waals surface area contributed by atoms with Crippen molar-refractivity contribution in [1.82, 2.24) is 4.90 Å². The van der Waals surface area contributed by atoms with Gasteiger partial charge in [0, 0.05) is 12.7 Å². The van der Waals surface area contributed by atoms with E-state index in [1.165, 1.54) is 11.8 Å². The molecule has 0 saturated carbocycles. The third-order valence-electron chi connectivity index (χ3n) is 3.46. The van der Waals surface area contributed by atoms with Crippen LogP contribution in [0, 0.1) is 5.92 Å². The Balaban J connectivity index is 2.09. The van der Waals surface area contributed by atoms with Crippen LogP contribution >= 0.6 is 0 Å². The summed E-state index contributed by atoms with van der Waals surface area (Å²) >= 11 is 0. The Labute approximate surface area is 92.5 Å². The maximum Gasteiger partial charge on any atom is 0.340 e. The van der Waals surface area contributed by atoms with Crippen molar-refractivity contribution in [3.8, 4) is 0 Å². The van der Waals surface area contributed by atoms with E-state index >= 15 is 0 Å². The number of carbonyl (C=O) groups excluding carboxylic acids is 1. The molecule has 16 heavy (non-hydrogen) atoms. The smallest absolute Gasteiger partial charge is 0.340 e. The fourth-order valence-corrected chi connectivity index (χ4v) is 2.73. The van der Waals surface area contributed by atoms with Crippen LogP contribution in [0.5, 0.6) is 0 Å². The van der Waals surface area contributed by atoms with Crippen LogP contribution in [0.25, 0.3) is 0 Å². The summed E-state index contributed by atoms with van der Waals surface area (Å²) < 4.78 is 0. The lowest BCUT2D eigenvalue weighted by molar-refractivity contribution is -0.135. The minimum absolute atomic E-state index is 0.0700. The Morgan fingerprint density at radius 1 is 1.50 bits per heavy atom.